The second-order valence-electron chi connectivity index (χ2n) is 4.11. The summed E-state index contributed by atoms with van der Waals surface area (Å²) in [5.41, 5.74) is 1.04. The Kier molecular flexibility index (Phi) is 4.12. The van der Waals surface area contributed by atoms with Gasteiger partial charge in [-0.05, 0) is 18.4 Å². The predicted octanol–water partition coefficient (Wildman–Crippen LogP) is 1.84. The van der Waals surface area contributed by atoms with Gasteiger partial charge in [-0.15, -0.1) is 0 Å². The molecule has 2 atom stereocenters. The number of carbonyl (C=O) groups is 1. The summed E-state index contributed by atoms with van der Waals surface area (Å²) in [5.74, 6) is -0.942. The average Bonchev–Trinajstić information content (AvgIpc) is 2.38. The van der Waals surface area contributed by atoms with Gasteiger partial charge < -0.3 is 14.6 Å². The summed E-state index contributed by atoms with van der Waals surface area (Å²) in [6, 6.07) is 9.72. The summed E-state index contributed by atoms with van der Waals surface area (Å²) in [6.07, 6.45) is 0.418. The zero-order valence-electron chi connectivity index (χ0n) is 9.54. The van der Waals surface area contributed by atoms with Crippen molar-refractivity contribution < 1.29 is 19.4 Å². The third-order valence-corrected chi connectivity index (χ3v) is 2.82. The highest BCUT2D eigenvalue weighted by Crippen LogP contribution is 2.19. The fraction of sp³-hybridized carbons (Fsp3) is 0.462. The van der Waals surface area contributed by atoms with Crippen molar-refractivity contribution in [2.24, 2.45) is 0 Å². The maximum absolute atomic E-state index is 11.0. The lowest BCUT2D eigenvalue weighted by Crippen LogP contribution is -2.41. The lowest BCUT2D eigenvalue weighted by molar-refractivity contribution is -0.170. The van der Waals surface area contributed by atoms with Crippen molar-refractivity contribution in [3.8, 4) is 0 Å². The third kappa shape index (κ3) is 3.28. The molecule has 2 rings (SSSR count). The first-order chi connectivity index (χ1) is 8.27. The van der Waals surface area contributed by atoms with Gasteiger partial charge in [-0.3, -0.25) is 0 Å². The second kappa shape index (κ2) is 5.80. The van der Waals surface area contributed by atoms with Crippen LogP contribution in [0.5, 0.6) is 0 Å². The van der Waals surface area contributed by atoms with Crippen molar-refractivity contribution in [1.82, 2.24) is 0 Å². The molecule has 4 nitrogen and oxygen atoms in total. The highest BCUT2D eigenvalue weighted by atomic mass is 16.6. The molecule has 4 heteroatoms. The topological polar surface area (TPSA) is 55.8 Å². The van der Waals surface area contributed by atoms with Crippen LogP contribution < -0.4 is 0 Å². The van der Waals surface area contributed by atoms with E-state index in [0.717, 1.165) is 18.4 Å². The van der Waals surface area contributed by atoms with Gasteiger partial charge in [-0.25, -0.2) is 4.79 Å². The number of carboxylic acids is 1. The Morgan fingerprint density at radius 2 is 2.18 bits per heavy atom. The van der Waals surface area contributed by atoms with E-state index in [-0.39, 0.29) is 6.10 Å². The van der Waals surface area contributed by atoms with Crippen LogP contribution in [0.25, 0.3) is 0 Å². The normalized spacial score (nSPS) is 24.5. The quantitative estimate of drug-likeness (QED) is 0.866. The zero-order valence-corrected chi connectivity index (χ0v) is 9.54. The lowest BCUT2D eigenvalue weighted by Gasteiger charge is -2.28. The van der Waals surface area contributed by atoms with Gasteiger partial charge in [-0.1, -0.05) is 30.3 Å². The molecule has 0 radical (unpaired) electrons. The van der Waals surface area contributed by atoms with Gasteiger partial charge >= 0.3 is 5.97 Å². The summed E-state index contributed by atoms with van der Waals surface area (Å²) in [6.45, 7) is 0.931. The van der Waals surface area contributed by atoms with Crippen molar-refractivity contribution in [1.29, 1.82) is 0 Å². The Morgan fingerprint density at radius 3 is 2.88 bits per heavy atom. The van der Waals surface area contributed by atoms with E-state index in [9.17, 15) is 4.79 Å². The van der Waals surface area contributed by atoms with E-state index in [1.807, 2.05) is 30.3 Å². The van der Waals surface area contributed by atoms with Crippen molar-refractivity contribution in [3.63, 3.8) is 0 Å². The lowest BCUT2D eigenvalue weighted by atomic mass is 10.1. The van der Waals surface area contributed by atoms with E-state index in [1.54, 1.807) is 0 Å². The largest absolute Gasteiger partial charge is 0.479 e. The summed E-state index contributed by atoms with van der Waals surface area (Å²) >= 11 is 0. The molecule has 1 aromatic rings. The standard InChI is InChI=1S/C13H16O4/c14-13(15)12-11(7-4-8-16-12)17-9-10-5-2-1-3-6-10/h1-3,5-6,11-12H,4,7-9H2,(H,14,15)/t11-,12-/m0/s1. The molecule has 17 heavy (non-hydrogen) atoms. The molecule has 0 saturated carbocycles. The molecule has 0 bridgehead atoms. The second-order valence-corrected chi connectivity index (χ2v) is 4.11. The Bertz CT molecular complexity index is 363. The van der Waals surface area contributed by atoms with E-state index < -0.39 is 12.1 Å². The number of hydrogen-bond donors (Lipinski definition) is 1. The minimum absolute atomic E-state index is 0.346. The number of rotatable bonds is 4. The molecule has 0 aromatic heterocycles. The van der Waals surface area contributed by atoms with Crippen LogP contribution in [0.2, 0.25) is 0 Å². The number of ether oxygens (including phenoxy) is 2. The van der Waals surface area contributed by atoms with E-state index in [4.69, 9.17) is 14.6 Å². The maximum atomic E-state index is 11.0. The zero-order chi connectivity index (χ0) is 12.1. The molecule has 1 aliphatic rings. The Labute approximate surface area is 100 Å². The first kappa shape index (κ1) is 12.1. The highest BCUT2D eigenvalue weighted by molar-refractivity contribution is 5.73. The van der Waals surface area contributed by atoms with E-state index in [1.165, 1.54) is 0 Å². The Morgan fingerprint density at radius 1 is 1.41 bits per heavy atom. The molecule has 1 saturated heterocycles. The average molecular weight is 236 g/mol. The molecule has 0 unspecified atom stereocenters. The fourth-order valence-corrected chi connectivity index (χ4v) is 1.93. The van der Waals surface area contributed by atoms with Gasteiger partial charge in [0.05, 0.1) is 12.7 Å². The smallest absolute Gasteiger partial charge is 0.335 e. The van der Waals surface area contributed by atoms with E-state index >= 15 is 0 Å². The third-order valence-electron chi connectivity index (χ3n) is 2.82. The van der Waals surface area contributed by atoms with Crippen molar-refractivity contribution in [2.45, 2.75) is 31.7 Å². The minimum atomic E-state index is -0.942. The van der Waals surface area contributed by atoms with Crippen molar-refractivity contribution >= 4 is 5.97 Å². The molecular weight excluding hydrogens is 220 g/mol. The van der Waals surface area contributed by atoms with Gasteiger partial charge in [0.25, 0.3) is 0 Å². The fourth-order valence-electron chi connectivity index (χ4n) is 1.93. The van der Waals surface area contributed by atoms with Crippen LogP contribution in [-0.4, -0.2) is 29.9 Å². The van der Waals surface area contributed by atoms with Crippen molar-refractivity contribution in [2.75, 3.05) is 6.61 Å². The van der Waals surface area contributed by atoms with E-state index in [2.05, 4.69) is 0 Å². The maximum Gasteiger partial charge on any atom is 0.335 e. The molecule has 0 amide bonds. The molecule has 1 N–H and O–H groups in total. The Balaban J connectivity index is 1.90. The summed E-state index contributed by atoms with van der Waals surface area (Å²) in [4.78, 5) is 11.0. The molecule has 1 aliphatic heterocycles. The molecule has 1 heterocycles. The van der Waals surface area contributed by atoms with Crippen LogP contribution in [0.1, 0.15) is 18.4 Å². The number of carboxylic acid groups (broad SMARTS) is 1. The van der Waals surface area contributed by atoms with E-state index in [0.29, 0.717) is 13.2 Å². The molecule has 1 aromatic carbocycles. The van der Waals surface area contributed by atoms with Crippen LogP contribution in [-0.2, 0) is 20.9 Å². The van der Waals surface area contributed by atoms with Crippen LogP contribution in [0.3, 0.4) is 0 Å². The van der Waals surface area contributed by atoms with Gasteiger partial charge in [0, 0.05) is 6.61 Å². The summed E-state index contributed by atoms with van der Waals surface area (Å²) < 4.78 is 10.9. The van der Waals surface area contributed by atoms with Crippen molar-refractivity contribution in [3.05, 3.63) is 35.9 Å². The predicted molar refractivity (Wildman–Crippen MR) is 61.6 cm³/mol. The first-order valence-corrected chi connectivity index (χ1v) is 5.77. The Hall–Kier alpha value is -1.39. The SMILES string of the molecule is O=C(O)[C@H]1OCCC[C@@H]1OCc1ccccc1. The van der Waals surface area contributed by atoms with Gasteiger partial charge in [0.1, 0.15) is 0 Å². The summed E-state index contributed by atoms with van der Waals surface area (Å²) in [7, 11) is 0. The van der Waals surface area contributed by atoms with Crippen LogP contribution in [0, 0.1) is 0 Å². The van der Waals surface area contributed by atoms with Crippen LogP contribution in [0.15, 0.2) is 30.3 Å². The van der Waals surface area contributed by atoms with Crippen LogP contribution >= 0.6 is 0 Å². The number of benzene rings is 1. The molecule has 92 valence electrons. The molecular formula is C13H16O4. The minimum Gasteiger partial charge on any atom is -0.479 e. The molecule has 0 spiro atoms. The first-order valence-electron chi connectivity index (χ1n) is 5.77. The monoisotopic (exact) mass is 236 g/mol. The molecule has 1 fully saturated rings. The number of aliphatic carboxylic acids is 1. The summed E-state index contributed by atoms with van der Waals surface area (Å²) in [5, 5.41) is 9.00. The molecule has 0 aliphatic carbocycles. The van der Waals surface area contributed by atoms with Gasteiger partial charge in [0.2, 0.25) is 0 Å². The van der Waals surface area contributed by atoms with Gasteiger partial charge in [-0.2, -0.15) is 0 Å². The number of hydrogen-bond acceptors (Lipinski definition) is 3. The highest BCUT2D eigenvalue weighted by Gasteiger charge is 2.32. The van der Waals surface area contributed by atoms with Gasteiger partial charge in [0.15, 0.2) is 6.10 Å². The van der Waals surface area contributed by atoms with Crippen LogP contribution in [0.4, 0.5) is 0 Å².